The maximum Gasteiger partial charge on any atom is 0.354 e. The fraction of sp³-hybridized carbons (Fsp3) is 0.0714. The summed E-state index contributed by atoms with van der Waals surface area (Å²) in [6.45, 7) is 2.00. The number of carboxylic acid groups (broad SMARTS) is 1. The average Bonchev–Trinajstić information content (AvgIpc) is 2.86. The Morgan fingerprint density at radius 2 is 1.95 bits per heavy atom. The number of fused-ring (bicyclic) bond motifs is 1. The smallest absolute Gasteiger partial charge is 0.354 e. The van der Waals surface area contributed by atoms with Gasteiger partial charge in [0.2, 0.25) is 0 Å². The molecule has 3 rings (SSSR count). The molecule has 0 radical (unpaired) electrons. The van der Waals surface area contributed by atoms with Gasteiger partial charge in [0.25, 0.3) is 0 Å². The summed E-state index contributed by atoms with van der Waals surface area (Å²) in [6.07, 6.45) is 1.54. The van der Waals surface area contributed by atoms with Crippen molar-refractivity contribution in [1.29, 1.82) is 0 Å². The second-order valence-corrected chi connectivity index (χ2v) is 4.30. The van der Waals surface area contributed by atoms with Crippen LogP contribution in [0, 0.1) is 6.92 Å². The minimum atomic E-state index is -1.02. The molecule has 0 amide bonds. The van der Waals surface area contributed by atoms with E-state index in [1.807, 2.05) is 31.2 Å². The number of aromatic carboxylic acids is 1. The molecule has 2 heterocycles. The van der Waals surface area contributed by atoms with Crippen LogP contribution in [0.3, 0.4) is 0 Å². The van der Waals surface area contributed by atoms with Crippen LogP contribution in [0.15, 0.2) is 42.6 Å². The normalized spacial score (nSPS) is 10.8. The van der Waals surface area contributed by atoms with Gasteiger partial charge in [0, 0.05) is 11.6 Å². The molecule has 0 atom stereocenters. The van der Waals surface area contributed by atoms with Gasteiger partial charge in [-0.25, -0.2) is 14.3 Å². The fourth-order valence-corrected chi connectivity index (χ4v) is 1.94. The lowest BCUT2D eigenvalue weighted by atomic mass is 10.1. The summed E-state index contributed by atoms with van der Waals surface area (Å²) < 4.78 is 1.32. The third-order valence-corrected chi connectivity index (χ3v) is 2.93. The van der Waals surface area contributed by atoms with E-state index in [9.17, 15) is 9.90 Å². The van der Waals surface area contributed by atoms with Crippen LogP contribution < -0.4 is 0 Å². The number of rotatable bonds is 2. The summed E-state index contributed by atoms with van der Waals surface area (Å²) in [5, 5.41) is 13.2. The van der Waals surface area contributed by atoms with Crippen LogP contribution >= 0.6 is 0 Å². The van der Waals surface area contributed by atoms with Gasteiger partial charge in [0.15, 0.2) is 11.3 Å². The van der Waals surface area contributed by atoms with E-state index >= 15 is 0 Å². The van der Waals surface area contributed by atoms with Gasteiger partial charge in [0.1, 0.15) is 0 Å². The van der Waals surface area contributed by atoms with Crippen LogP contribution in [-0.4, -0.2) is 25.7 Å². The molecule has 0 unspecified atom stereocenters. The molecule has 3 aromatic rings. The van der Waals surface area contributed by atoms with Crippen molar-refractivity contribution in [2.45, 2.75) is 6.92 Å². The zero-order valence-electron chi connectivity index (χ0n) is 10.2. The van der Waals surface area contributed by atoms with Crippen molar-refractivity contribution in [3.05, 3.63) is 53.9 Å². The molecule has 94 valence electrons. The van der Waals surface area contributed by atoms with E-state index < -0.39 is 5.97 Å². The molecule has 0 saturated carbocycles. The first-order valence-corrected chi connectivity index (χ1v) is 5.80. The number of nitrogens with zero attached hydrogens (tertiary/aromatic N) is 3. The molecule has 19 heavy (non-hydrogen) atoms. The summed E-state index contributed by atoms with van der Waals surface area (Å²) in [4.78, 5) is 15.7. The van der Waals surface area contributed by atoms with Gasteiger partial charge in [-0.05, 0) is 13.0 Å². The SMILES string of the molecule is Cc1ccc(-c2cc(C(=O)O)n3nccc3n2)cc1. The summed E-state index contributed by atoms with van der Waals surface area (Å²) in [6, 6.07) is 11.0. The summed E-state index contributed by atoms with van der Waals surface area (Å²) in [5.74, 6) is -1.02. The second-order valence-electron chi connectivity index (χ2n) is 4.30. The molecule has 0 aliphatic carbocycles. The number of hydrogen-bond donors (Lipinski definition) is 1. The number of aryl methyl sites for hydroxylation is 1. The minimum Gasteiger partial charge on any atom is -0.477 e. The minimum absolute atomic E-state index is 0.102. The first-order chi connectivity index (χ1) is 9.15. The monoisotopic (exact) mass is 253 g/mol. The molecule has 1 aromatic carbocycles. The van der Waals surface area contributed by atoms with Crippen molar-refractivity contribution in [3.8, 4) is 11.3 Å². The highest BCUT2D eigenvalue weighted by molar-refractivity contribution is 5.88. The molecule has 5 heteroatoms. The Hall–Kier alpha value is -2.69. The molecule has 0 spiro atoms. The topological polar surface area (TPSA) is 67.5 Å². The Bertz CT molecular complexity index is 760. The maximum absolute atomic E-state index is 11.3. The molecule has 0 fully saturated rings. The highest BCUT2D eigenvalue weighted by atomic mass is 16.4. The molecule has 0 aliphatic rings. The van der Waals surface area contributed by atoms with E-state index in [4.69, 9.17) is 0 Å². The van der Waals surface area contributed by atoms with Crippen molar-refractivity contribution in [2.75, 3.05) is 0 Å². The Balaban J connectivity index is 2.24. The Morgan fingerprint density at radius 1 is 1.21 bits per heavy atom. The predicted octanol–water partition coefficient (Wildman–Crippen LogP) is 2.40. The van der Waals surface area contributed by atoms with Gasteiger partial charge in [-0.15, -0.1) is 0 Å². The van der Waals surface area contributed by atoms with E-state index in [1.165, 1.54) is 16.8 Å². The first kappa shape index (κ1) is 11.4. The summed E-state index contributed by atoms with van der Waals surface area (Å²) in [7, 11) is 0. The molecular weight excluding hydrogens is 242 g/mol. The molecule has 0 bridgehead atoms. The second kappa shape index (κ2) is 4.20. The lowest BCUT2D eigenvalue weighted by molar-refractivity contribution is 0.0687. The van der Waals surface area contributed by atoms with Crippen molar-refractivity contribution in [3.63, 3.8) is 0 Å². The van der Waals surface area contributed by atoms with E-state index in [-0.39, 0.29) is 5.69 Å². The largest absolute Gasteiger partial charge is 0.477 e. The lowest BCUT2D eigenvalue weighted by Gasteiger charge is -2.05. The number of hydrogen-bond acceptors (Lipinski definition) is 3. The summed E-state index contributed by atoms with van der Waals surface area (Å²) >= 11 is 0. The average molecular weight is 253 g/mol. The Labute approximate surface area is 109 Å². The number of carboxylic acids is 1. The quantitative estimate of drug-likeness (QED) is 0.761. The number of carbonyl (C=O) groups is 1. The van der Waals surface area contributed by atoms with Gasteiger partial charge < -0.3 is 5.11 Å². The lowest BCUT2D eigenvalue weighted by Crippen LogP contribution is -2.08. The van der Waals surface area contributed by atoms with Gasteiger partial charge in [-0.1, -0.05) is 29.8 Å². The highest BCUT2D eigenvalue weighted by Crippen LogP contribution is 2.20. The van der Waals surface area contributed by atoms with Crippen molar-refractivity contribution < 1.29 is 9.90 Å². The maximum atomic E-state index is 11.3. The van der Waals surface area contributed by atoms with Gasteiger partial charge in [0.05, 0.1) is 11.9 Å². The Kier molecular flexibility index (Phi) is 2.52. The number of benzene rings is 1. The van der Waals surface area contributed by atoms with Crippen LogP contribution in [0.2, 0.25) is 0 Å². The number of aromatic nitrogens is 3. The van der Waals surface area contributed by atoms with Gasteiger partial charge in [-0.2, -0.15) is 5.10 Å². The van der Waals surface area contributed by atoms with E-state index in [0.29, 0.717) is 11.3 Å². The van der Waals surface area contributed by atoms with Gasteiger partial charge >= 0.3 is 5.97 Å². The summed E-state index contributed by atoms with van der Waals surface area (Å²) in [5.41, 5.74) is 3.29. The zero-order valence-corrected chi connectivity index (χ0v) is 10.2. The van der Waals surface area contributed by atoms with E-state index in [2.05, 4.69) is 10.1 Å². The standard InChI is InChI=1S/C14H11N3O2/c1-9-2-4-10(5-3-9)11-8-12(14(18)19)17-13(16-11)6-7-15-17/h2-8H,1H3,(H,18,19). The van der Waals surface area contributed by atoms with Crippen LogP contribution in [-0.2, 0) is 0 Å². The third kappa shape index (κ3) is 1.95. The van der Waals surface area contributed by atoms with Crippen molar-refractivity contribution >= 4 is 11.6 Å². The molecule has 1 N–H and O–H groups in total. The molecule has 0 aliphatic heterocycles. The van der Waals surface area contributed by atoms with E-state index in [1.54, 1.807) is 6.07 Å². The zero-order chi connectivity index (χ0) is 13.4. The molecule has 2 aromatic heterocycles. The van der Waals surface area contributed by atoms with Crippen LogP contribution in [0.1, 0.15) is 16.1 Å². The van der Waals surface area contributed by atoms with Crippen molar-refractivity contribution in [1.82, 2.24) is 14.6 Å². The third-order valence-electron chi connectivity index (χ3n) is 2.93. The van der Waals surface area contributed by atoms with Crippen LogP contribution in [0.5, 0.6) is 0 Å². The predicted molar refractivity (Wildman–Crippen MR) is 70.1 cm³/mol. The van der Waals surface area contributed by atoms with Crippen LogP contribution in [0.25, 0.3) is 16.9 Å². The molecule has 0 saturated heterocycles. The van der Waals surface area contributed by atoms with Crippen LogP contribution in [0.4, 0.5) is 0 Å². The van der Waals surface area contributed by atoms with E-state index in [0.717, 1.165) is 11.1 Å². The highest BCUT2D eigenvalue weighted by Gasteiger charge is 2.13. The van der Waals surface area contributed by atoms with Gasteiger partial charge in [-0.3, -0.25) is 0 Å². The van der Waals surface area contributed by atoms with Crippen molar-refractivity contribution in [2.24, 2.45) is 0 Å². The first-order valence-electron chi connectivity index (χ1n) is 5.80. The molecule has 5 nitrogen and oxygen atoms in total. The fourth-order valence-electron chi connectivity index (χ4n) is 1.94. The molecular formula is C14H11N3O2. The Morgan fingerprint density at radius 3 is 2.63 bits per heavy atom.